The number of sulfonamides is 1. The normalized spacial score (nSPS) is 18.5. The van der Waals surface area contributed by atoms with Gasteiger partial charge in [-0.25, -0.2) is 8.42 Å². The third kappa shape index (κ3) is 4.51. The molecule has 0 spiro atoms. The molecule has 0 aromatic heterocycles. The minimum absolute atomic E-state index is 0.0646. The van der Waals surface area contributed by atoms with Crippen LogP contribution in [0.25, 0.3) is 0 Å². The van der Waals surface area contributed by atoms with E-state index >= 15 is 0 Å². The first-order valence-electron chi connectivity index (χ1n) is 10.2. The van der Waals surface area contributed by atoms with E-state index in [1.54, 1.807) is 24.3 Å². The standard InChI is InChI=1S/C22H26N4O4S/c1-24-17-8-4-6-15(12-17)21(27)25-22(10-2-3-11-22)14-30-18-9-5-7-16-13-31(28,29)26-20(23)19(16)18/h4-9,12,24H,2-3,10-11,13-14H2,1H3,(H2,23,26)(H,25,27). The molecule has 4 N–H and O–H groups in total. The molecule has 0 saturated heterocycles. The van der Waals surface area contributed by atoms with Gasteiger partial charge in [-0.1, -0.05) is 31.0 Å². The Kier molecular flexibility index (Phi) is 5.62. The quantitative estimate of drug-likeness (QED) is 0.631. The van der Waals surface area contributed by atoms with Crippen LogP contribution in [0.5, 0.6) is 5.75 Å². The highest BCUT2D eigenvalue weighted by molar-refractivity contribution is 7.89. The van der Waals surface area contributed by atoms with Gasteiger partial charge in [-0.05, 0) is 42.7 Å². The Labute approximate surface area is 181 Å². The van der Waals surface area contributed by atoms with Gasteiger partial charge in [0.15, 0.2) is 0 Å². The van der Waals surface area contributed by atoms with Gasteiger partial charge >= 0.3 is 0 Å². The Hall–Kier alpha value is -3.07. The van der Waals surface area contributed by atoms with Crippen LogP contribution in [0.4, 0.5) is 5.69 Å². The van der Waals surface area contributed by atoms with E-state index in [4.69, 9.17) is 10.5 Å². The monoisotopic (exact) mass is 442 g/mol. The van der Waals surface area contributed by atoms with Crippen molar-refractivity contribution in [2.24, 2.45) is 10.1 Å². The third-order valence-corrected chi connectivity index (χ3v) is 6.95. The van der Waals surface area contributed by atoms with Gasteiger partial charge in [0.25, 0.3) is 15.9 Å². The fourth-order valence-corrected chi connectivity index (χ4v) is 5.32. The number of fused-ring (bicyclic) bond motifs is 1. The number of rotatable bonds is 6. The van der Waals surface area contributed by atoms with E-state index in [1.807, 2.05) is 25.2 Å². The highest BCUT2D eigenvalue weighted by Crippen LogP contribution is 2.33. The average Bonchev–Trinajstić information content (AvgIpc) is 3.19. The van der Waals surface area contributed by atoms with Crippen molar-refractivity contribution in [1.82, 2.24) is 5.32 Å². The fourth-order valence-electron chi connectivity index (χ4n) is 4.23. The Balaban J connectivity index is 1.54. The molecule has 8 nitrogen and oxygen atoms in total. The van der Waals surface area contributed by atoms with Crippen molar-refractivity contribution >= 4 is 27.5 Å². The second-order valence-electron chi connectivity index (χ2n) is 8.05. The van der Waals surface area contributed by atoms with Gasteiger partial charge in [-0.15, -0.1) is 4.40 Å². The summed E-state index contributed by atoms with van der Waals surface area (Å²) in [6, 6.07) is 12.5. The fraction of sp³-hybridized carbons (Fsp3) is 0.364. The highest BCUT2D eigenvalue weighted by atomic mass is 32.2. The number of nitrogens with two attached hydrogens (primary N) is 1. The second-order valence-corrected chi connectivity index (χ2v) is 9.69. The molecule has 0 unspecified atom stereocenters. The molecule has 2 aromatic rings. The minimum Gasteiger partial charge on any atom is -0.490 e. The van der Waals surface area contributed by atoms with E-state index in [0.29, 0.717) is 22.4 Å². The second kappa shape index (κ2) is 8.22. The first-order valence-corrected chi connectivity index (χ1v) is 11.9. The van der Waals surface area contributed by atoms with Gasteiger partial charge in [-0.3, -0.25) is 4.79 Å². The molecule has 4 rings (SSSR count). The average molecular weight is 443 g/mol. The lowest BCUT2D eigenvalue weighted by molar-refractivity contribution is 0.0855. The Morgan fingerprint density at radius 3 is 2.68 bits per heavy atom. The van der Waals surface area contributed by atoms with E-state index < -0.39 is 15.6 Å². The van der Waals surface area contributed by atoms with Crippen LogP contribution < -0.4 is 21.1 Å². The molecule has 1 aliphatic heterocycles. The summed E-state index contributed by atoms with van der Waals surface area (Å²) in [7, 11) is -1.80. The van der Waals surface area contributed by atoms with Crippen molar-refractivity contribution in [2.75, 3.05) is 19.0 Å². The molecule has 1 aliphatic carbocycles. The van der Waals surface area contributed by atoms with Crippen molar-refractivity contribution in [2.45, 2.75) is 37.0 Å². The molecule has 2 aliphatic rings. The van der Waals surface area contributed by atoms with Crippen LogP contribution in [0.1, 0.15) is 47.2 Å². The van der Waals surface area contributed by atoms with Crippen LogP contribution in [-0.4, -0.2) is 39.4 Å². The smallest absolute Gasteiger partial charge is 0.259 e. The number of amidine groups is 1. The number of benzene rings is 2. The molecule has 1 fully saturated rings. The predicted molar refractivity (Wildman–Crippen MR) is 120 cm³/mol. The lowest BCUT2D eigenvalue weighted by Gasteiger charge is -2.31. The molecule has 0 radical (unpaired) electrons. The van der Waals surface area contributed by atoms with E-state index in [9.17, 15) is 13.2 Å². The van der Waals surface area contributed by atoms with Crippen LogP contribution >= 0.6 is 0 Å². The molecule has 1 amide bonds. The summed E-state index contributed by atoms with van der Waals surface area (Å²) in [4.78, 5) is 12.9. The van der Waals surface area contributed by atoms with Gasteiger partial charge in [0.2, 0.25) is 0 Å². The van der Waals surface area contributed by atoms with Crippen LogP contribution in [0.3, 0.4) is 0 Å². The predicted octanol–water partition coefficient (Wildman–Crippen LogP) is 2.40. The number of nitrogens with zero attached hydrogens (tertiary/aromatic N) is 1. The maximum atomic E-state index is 12.9. The number of hydrogen-bond donors (Lipinski definition) is 3. The molecule has 31 heavy (non-hydrogen) atoms. The topological polar surface area (TPSA) is 123 Å². The number of ether oxygens (including phenoxy) is 1. The van der Waals surface area contributed by atoms with Gasteiger partial charge < -0.3 is 21.1 Å². The van der Waals surface area contributed by atoms with Crippen LogP contribution in [0, 0.1) is 0 Å². The number of nitrogens with one attached hydrogen (secondary N) is 2. The first-order chi connectivity index (χ1) is 14.8. The summed E-state index contributed by atoms with van der Waals surface area (Å²) in [5, 5.41) is 6.23. The van der Waals surface area contributed by atoms with Crippen LogP contribution in [-0.2, 0) is 15.8 Å². The van der Waals surface area contributed by atoms with Crippen LogP contribution in [0.15, 0.2) is 46.9 Å². The molecule has 9 heteroatoms. The van der Waals surface area contributed by atoms with Crippen molar-refractivity contribution in [3.8, 4) is 5.75 Å². The SMILES string of the molecule is CNc1cccc(C(=O)NC2(COc3cccc4c3C(N)=NS(=O)(=O)C4)CCCC2)c1. The largest absolute Gasteiger partial charge is 0.490 e. The number of anilines is 1. The number of hydrogen-bond acceptors (Lipinski definition) is 6. The summed E-state index contributed by atoms with van der Waals surface area (Å²) in [6.45, 7) is 0.265. The summed E-state index contributed by atoms with van der Waals surface area (Å²) in [5.41, 5.74) is 7.97. The number of amides is 1. The maximum Gasteiger partial charge on any atom is 0.259 e. The van der Waals surface area contributed by atoms with Gasteiger partial charge in [-0.2, -0.15) is 0 Å². The molecular formula is C22H26N4O4S. The zero-order valence-electron chi connectivity index (χ0n) is 17.3. The first kappa shape index (κ1) is 21.2. The number of carbonyl (C=O) groups is 1. The molecular weight excluding hydrogens is 416 g/mol. The Bertz CT molecular complexity index is 1140. The molecule has 164 valence electrons. The van der Waals surface area contributed by atoms with Crippen molar-refractivity contribution in [3.05, 3.63) is 59.2 Å². The Morgan fingerprint density at radius 1 is 1.19 bits per heavy atom. The molecule has 0 bridgehead atoms. The van der Waals surface area contributed by atoms with E-state index in [2.05, 4.69) is 15.0 Å². The van der Waals surface area contributed by atoms with Crippen molar-refractivity contribution in [1.29, 1.82) is 0 Å². The lowest BCUT2D eigenvalue weighted by Crippen LogP contribution is -2.50. The molecule has 2 aromatic carbocycles. The maximum absolute atomic E-state index is 12.9. The highest BCUT2D eigenvalue weighted by Gasteiger charge is 2.37. The third-order valence-electron chi connectivity index (χ3n) is 5.80. The van der Waals surface area contributed by atoms with Gasteiger partial charge in [0.1, 0.15) is 18.2 Å². The summed E-state index contributed by atoms with van der Waals surface area (Å²) in [6.07, 6.45) is 3.60. The van der Waals surface area contributed by atoms with Gasteiger partial charge in [0, 0.05) is 18.3 Å². The Morgan fingerprint density at radius 2 is 1.94 bits per heavy atom. The van der Waals surface area contributed by atoms with E-state index in [1.165, 1.54) is 0 Å². The summed E-state index contributed by atoms with van der Waals surface area (Å²) in [5.74, 6) is 0.0608. The van der Waals surface area contributed by atoms with Gasteiger partial charge in [0.05, 0.1) is 16.9 Å². The zero-order chi connectivity index (χ0) is 22.1. The van der Waals surface area contributed by atoms with E-state index in [0.717, 1.165) is 31.4 Å². The van der Waals surface area contributed by atoms with Crippen LogP contribution in [0.2, 0.25) is 0 Å². The lowest BCUT2D eigenvalue weighted by atomic mass is 9.97. The van der Waals surface area contributed by atoms with Crippen molar-refractivity contribution in [3.63, 3.8) is 0 Å². The summed E-state index contributed by atoms with van der Waals surface area (Å²) >= 11 is 0. The number of carbonyl (C=O) groups excluding carboxylic acids is 1. The zero-order valence-corrected chi connectivity index (χ0v) is 18.2. The molecule has 1 saturated carbocycles. The minimum atomic E-state index is -3.61. The van der Waals surface area contributed by atoms with E-state index in [-0.39, 0.29) is 24.1 Å². The molecule has 1 heterocycles. The summed E-state index contributed by atoms with van der Waals surface area (Å²) < 4.78 is 33.5. The molecule has 0 atom stereocenters. The van der Waals surface area contributed by atoms with Crippen molar-refractivity contribution < 1.29 is 17.9 Å².